The summed E-state index contributed by atoms with van der Waals surface area (Å²) in [5.74, 6) is -0.704. The molecule has 0 aliphatic carbocycles. The van der Waals surface area contributed by atoms with E-state index in [4.69, 9.17) is 4.74 Å². The van der Waals surface area contributed by atoms with Crippen LogP contribution in [0.2, 0.25) is 0 Å². The van der Waals surface area contributed by atoms with Crippen LogP contribution in [-0.2, 0) is 19.6 Å². The standard InChI is InChI=1S/C25H33N3O5S/c1-17-13-18(2)16-28(15-17)34(31,32)23-8-6-7-20(14-23)25(30)33-19(3)24(29)26-21-9-11-22(12-10-21)27(4)5/h6-12,14,17-19H,13,15-16H2,1-5H3,(H,26,29). The van der Waals surface area contributed by atoms with Crippen molar-refractivity contribution in [2.24, 2.45) is 11.8 Å². The second-order valence-electron chi connectivity index (χ2n) is 9.27. The summed E-state index contributed by atoms with van der Waals surface area (Å²) in [4.78, 5) is 27.2. The molecule has 0 bridgehead atoms. The molecule has 9 heteroatoms. The number of benzene rings is 2. The monoisotopic (exact) mass is 487 g/mol. The summed E-state index contributed by atoms with van der Waals surface area (Å²) in [5.41, 5.74) is 1.64. The maximum Gasteiger partial charge on any atom is 0.338 e. The Labute approximate surface area is 201 Å². The fourth-order valence-corrected chi connectivity index (χ4v) is 5.83. The Kier molecular flexibility index (Phi) is 7.99. The zero-order valence-corrected chi connectivity index (χ0v) is 21.1. The van der Waals surface area contributed by atoms with Crippen LogP contribution in [0.25, 0.3) is 0 Å². The Hall–Kier alpha value is -2.91. The van der Waals surface area contributed by atoms with Crippen LogP contribution in [0, 0.1) is 11.8 Å². The summed E-state index contributed by atoms with van der Waals surface area (Å²) in [6.07, 6.45) is -0.0805. The third-order valence-corrected chi connectivity index (χ3v) is 7.67. The van der Waals surface area contributed by atoms with Gasteiger partial charge in [0.25, 0.3) is 5.91 Å². The number of sulfonamides is 1. The highest BCUT2D eigenvalue weighted by Crippen LogP contribution is 2.27. The lowest BCUT2D eigenvalue weighted by Gasteiger charge is -2.34. The smallest absolute Gasteiger partial charge is 0.338 e. The summed E-state index contributed by atoms with van der Waals surface area (Å²) in [6, 6.07) is 13.0. The molecule has 34 heavy (non-hydrogen) atoms. The normalized spacial score (nSPS) is 19.8. The fourth-order valence-electron chi connectivity index (χ4n) is 4.10. The first-order valence-corrected chi connectivity index (χ1v) is 12.8. The Morgan fingerprint density at radius 1 is 1.06 bits per heavy atom. The molecule has 0 radical (unpaired) electrons. The van der Waals surface area contributed by atoms with E-state index < -0.39 is 28.0 Å². The Bertz CT molecular complexity index is 1120. The van der Waals surface area contributed by atoms with Gasteiger partial charge in [-0.05, 0) is 67.6 Å². The molecule has 3 rings (SSSR count). The summed E-state index contributed by atoms with van der Waals surface area (Å²) in [6.45, 7) is 6.45. The van der Waals surface area contributed by atoms with Gasteiger partial charge in [-0.2, -0.15) is 4.31 Å². The summed E-state index contributed by atoms with van der Waals surface area (Å²) >= 11 is 0. The van der Waals surface area contributed by atoms with Gasteiger partial charge in [-0.15, -0.1) is 0 Å². The predicted octanol–water partition coefficient (Wildman–Crippen LogP) is 3.60. The number of nitrogens with one attached hydrogen (secondary N) is 1. The molecule has 1 heterocycles. The van der Waals surface area contributed by atoms with E-state index in [-0.39, 0.29) is 22.3 Å². The van der Waals surface area contributed by atoms with Gasteiger partial charge in [0.05, 0.1) is 10.5 Å². The number of ether oxygens (including phenoxy) is 1. The van der Waals surface area contributed by atoms with E-state index in [2.05, 4.69) is 5.32 Å². The molecule has 3 unspecified atom stereocenters. The number of rotatable bonds is 7. The molecule has 0 spiro atoms. The topological polar surface area (TPSA) is 96.0 Å². The van der Waals surface area contributed by atoms with Gasteiger partial charge in [-0.25, -0.2) is 13.2 Å². The van der Waals surface area contributed by atoms with Crippen molar-refractivity contribution in [3.05, 3.63) is 54.1 Å². The first-order valence-electron chi connectivity index (χ1n) is 11.4. The molecule has 0 aromatic heterocycles. The Balaban J connectivity index is 1.67. The molecule has 8 nitrogen and oxygen atoms in total. The number of piperidine rings is 1. The number of anilines is 2. The van der Waals surface area contributed by atoms with Crippen molar-refractivity contribution in [1.29, 1.82) is 0 Å². The summed E-state index contributed by atoms with van der Waals surface area (Å²) < 4.78 is 33.1. The maximum atomic E-state index is 13.2. The van der Waals surface area contributed by atoms with Crippen molar-refractivity contribution in [3.8, 4) is 0 Å². The number of carbonyl (C=O) groups excluding carboxylic acids is 2. The van der Waals surface area contributed by atoms with E-state index in [0.717, 1.165) is 12.1 Å². The quantitative estimate of drug-likeness (QED) is 0.600. The molecule has 0 saturated carbocycles. The van der Waals surface area contributed by atoms with E-state index in [0.29, 0.717) is 18.8 Å². The fraction of sp³-hybridized carbons (Fsp3) is 0.440. The highest BCUT2D eigenvalue weighted by atomic mass is 32.2. The summed E-state index contributed by atoms with van der Waals surface area (Å²) in [7, 11) is 0.103. The number of nitrogens with zero attached hydrogens (tertiary/aromatic N) is 2. The second-order valence-corrected chi connectivity index (χ2v) is 11.2. The van der Waals surface area contributed by atoms with Crippen LogP contribution in [0.15, 0.2) is 53.4 Å². The predicted molar refractivity (Wildman–Crippen MR) is 132 cm³/mol. The molecular weight excluding hydrogens is 454 g/mol. The lowest BCUT2D eigenvalue weighted by atomic mass is 9.94. The minimum atomic E-state index is -3.74. The van der Waals surface area contributed by atoms with Gasteiger partial charge in [-0.3, -0.25) is 4.79 Å². The zero-order valence-electron chi connectivity index (χ0n) is 20.3. The number of carbonyl (C=O) groups is 2. The van der Waals surface area contributed by atoms with Crippen LogP contribution in [0.1, 0.15) is 37.6 Å². The molecule has 1 aliphatic rings. The van der Waals surface area contributed by atoms with Gasteiger partial charge in [0, 0.05) is 38.6 Å². The average molecular weight is 488 g/mol. The van der Waals surface area contributed by atoms with Crippen LogP contribution in [-0.4, -0.2) is 57.9 Å². The molecule has 1 N–H and O–H groups in total. The second kappa shape index (κ2) is 10.6. The zero-order chi connectivity index (χ0) is 25.0. The molecule has 184 valence electrons. The number of amides is 1. The van der Waals surface area contributed by atoms with Crippen molar-refractivity contribution in [3.63, 3.8) is 0 Å². The van der Waals surface area contributed by atoms with Crippen molar-refractivity contribution >= 4 is 33.3 Å². The van der Waals surface area contributed by atoms with Crippen molar-refractivity contribution in [2.75, 3.05) is 37.4 Å². The number of hydrogen-bond acceptors (Lipinski definition) is 6. The van der Waals surface area contributed by atoms with E-state index in [1.54, 1.807) is 12.1 Å². The van der Waals surface area contributed by atoms with Crippen LogP contribution >= 0.6 is 0 Å². The molecule has 1 fully saturated rings. The van der Waals surface area contributed by atoms with E-state index >= 15 is 0 Å². The average Bonchev–Trinajstić information content (AvgIpc) is 2.78. The van der Waals surface area contributed by atoms with Gasteiger partial charge in [0.2, 0.25) is 10.0 Å². The van der Waals surface area contributed by atoms with Gasteiger partial charge >= 0.3 is 5.97 Å². The third kappa shape index (κ3) is 6.15. The van der Waals surface area contributed by atoms with Gasteiger partial charge < -0.3 is 15.0 Å². The first kappa shape index (κ1) is 25.7. The first-order chi connectivity index (χ1) is 16.0. The van der Waals surface area contributed by atoms with Gasteiger partial charge in [-0.1, -0.05) is 19.9 Å². The molecular formula is C25H33N3O5S. The van der Waals surface area contributed by atoms with Crippen molar-refractivity contribution in [1.82, 2.24) is 4.31 Å². The van der Waals surface area contributed by atoms with Crippen LogP contribution in [0.3, 0.4) is 0 Å². The maximum absolute atomic E-state index is 13.2. The van der Waals surface area contributed by atoms with Crippen molar-refractivity contribution < 1.29 is 22.7 Å². The Morgan fingerprint density at radius 3 is 2.26 bits per heavy atom. The minimum Gasteiger partial charge on any atom is -0.449 e. The van der Waals surface area contributed by atoms with E-state index in [1.807, 2.05) is 45.0 Å². The van der Waals surface area contributed by atoms with Crippen molar-refractivity contribution in [2.45, 2.75) is 38.2 Å². The van der Waals surface area contributed by atoms with E-state index in [9.17, 15) is 18.0 Å². The molecule has 2 aromatic carbocycles. The van der Waals surface area contributed by atoms with Gasteiger partial charge in [0.1, 0.15) is 0 Å². The minimum absolute atomic E-state index is 0.0429. The summed E-state index contributed by atoms with van der Waals surface area (Å²) in [5, 5.41) is 2.71. The van der Waals surface area contributed by atoms with Crippen LogP contribution in [0.4, 0.5) is 11.4 Å². The number of hydrogen-bond donors (Lipinski definition) is 1. The van der Waals surface area contributed by atoms with Crippen LogP contribution < -0.4 is 10.2 Å². The lowest BCUT2D eigenvalue weighted by molar-refractivity contribution is -0.123. The van der Waals surface area contributed by atoms with Gasteiger partial charge in [0.15, 0.2) is 6.10 Å². The molecule has 3 atom stereocenters. The highest BCUT2D eigenvalue weighted by molar-refractivity contribution is 7.89. The Morgan fingerprint density at radius 2 is 1.68 bits per heavy atom. The molecule has 2 aromatic rings. The SMILES string of the molecule is CC1CC(C)CN(S(=O)(=O)c2cccc(C(=O)OC(C)C(=O)Nc3ccc(N(C)C)cc3)c2)C1. The lowest BCUT2D eigenvalue weighted by Crippen LogP contribution is -2.42. The van der Waals surface area contributed by atoms with E-state index in [1.165, 1.54) is 35.5 Å². The number of esters is 1. The largest absolute Gasteiger partial charge is 0.449 e. The van der Waals surface area contributed by atoms with Crippen LogP contribution in [0.5, 0.6) is 0 Å². The molecule has 1 saturated heterocycles. The highest BCUT2D eigenvalue weighted by Gasteiger charge is 2.32. The molecule has 1 aliphatic heterocycles. The molecule has 1 amide bonds. The third-order valence-electron chi connectivity index (χ3n) is 5.85.